The molecule has 2 heterocycles. The van der Waals surface area contributed by atoms with E-state index in [1.54, 1.807) is 16.3 Å². The summed E-state index contributed by atoms with van der Waals surface area (Å²) in [5.41, 5.74) is 4.96. The number of benzene rings is 1. The molecule has 1 aromatic rings. The number of hydrogen-bond acceptors (Lipinski definition) is 1. The predicted octanol–water partition coefficient (Wildman–Crippen LogP) is 7.16. The van der Waals surface area contributed by atoms with Crippen LogP contribution in [-0.2, 0) is 5.41 Å². The Bertz CT molecular complexity index is 869. The molecule has 1 nitrogen and oxygen atoms in total. The molecule has 0 N–H and O–H groups in total. The van der Waals surface area contributed by atoms with Gasteiger partial charge in [0, 0.05) is 11.6 Å². The molecule has 0 bridgehead atoms. The molecule has 0 fully saturated rings. The molecule has 0 aromatic heterocycles. The molecule has 1 aromatic carbocycles. The Labute approximate surface area is 173 Å². The van der Waals surface area contributed by atoms with Crippen LogP contribution in [0.4, 0.5) is 0 Å². The number of fused-ring (bicyclic) bond motifs is 6. The summed E-state index contributed by atoms with van der Waals surface area (Å²) in [5, 5.41) is 1.66. The zero-order chi connectivity index (χ0) is 20.3. The van der Waals surface area contributed by atoms with Gasteiger partial charge in [-0.2, -0.15) is 0 Å². The molecule has 4 rings (SSSR count). The lowest BCUT2D eigenvalue weighted by molar-refractivity contribution is 0.0428. The molecule has 28 heavy (non-hydrogen) atoms. The molecule has 1 aliphatic carbocycles. The van der Waals surface area contributed by atoms with E-state index >= 15 is 0 Å². The van der Waals surface area contributed by atoms with E-state index in [0.29, 0.717) is 12.0 Å². The van der Waals surface area contributed by atoms with Gasteiger partial charge < -0.3 is 4.90 Å². The smallest absolute Gasteiger partial charge is 0.0798 e. The fraction of sp³-hybridized carbons (Fsp3) is 0.538. The molecule has 2 aliphatic heterocycles. The lowest BCUT2D eigenvalue weighted by Gasteiger charge is -2.65. The van der Waals surface area contributed by atoms with Gasteiger partial charge in [0.1, 0.15) is 0 Å². The van der Waals surface area contributed by atoms with Gasteiger partial charge in [-0.15, -0.1) is 0 Å². The van der Waals surface area contributed by atoms with Gasteiger partial charge in [0.2, 0.25) is 0 Å². The van der Waals surface area contributed by atoms with Gasteiger partial charge >= 0.3 is 0 Å². The third-order valence-corrected chi connectivity index (χ3v) is 9.51. The highest BCUT2D eigenvalue weighted by Crippen LogP contribution is 2.61. The molecule has 0 spiro atoms. The van der Waals surface area contributed by atoms with Crippen molar-refractivity contribution in [2.75, 3.05) is 0 Å². The number of hydrogen-bond donors (Lipinski definition) is 0. The first kappa shape index (κ1) is 19.8. The van der Waals surface area contributed by atoms with E-state index in [-0.39, 0.29) is 11.0 Å². The quantitative estimate of drug-likeness (QED) is 0.380. The Balaban J connectivity index is 1.96. The van der Waals surface area contributed by atoms with Crippen LogP contribution in [0.1, 0.15) is 64.1 Å². The second-order valence-corrected chi connectivity index (χ2v) is 15.5. The monoisotopic (exact) mass is 391 g/mol. The summed E-state index contributed by atoms with van der Waals surface area (Å²) in [5.74, 6) is 0.690. The Kier molecular flexibility index (Phi) is 4.58. The van der Waals surface area contributed by atoms with Crippen LogP contribution in [0.15, 0.2) is 59.5 Å². The molecule has 3 atom stereocenters. The topological polar surface area (TPSA) is 3.24 Å². The van der Waals surface area contributed by atoms with Gasteiger partial charge in [0.05, 0.1) is 19.7 Å². The first-order valence-corrected chi connectivity index (χ1v) is 14.7. The third kappa shape index (κ3) is 2.49. The Hall–Kier alpha value is -1.54. The van der Waals surface area contributed by atoms with Crippen LogP contribution in [-0.4, -0.2) is 18.5 Å². The normalized spacial score (nSPS) is 30.9. The minimum atomic E-state index is -1.43. The fourth-order valence-corrected chi connectivity index (χ4v) is 7.74. The summed E-state index contributed by atoms with van der Waals surface area (Å²) in [7, 11) is -1.43. The van der Waals surface area contributed by atoms with Crippen molar-refractivity contribution < 1.29 is 0 Å². The lowest BCUT2D eigenvalue weighted by atomic mass is 9.51. The highest BCUT2D eigenvalue weighted by atomic mass is 28.3. The SMILES string of the molecule is CCC12C=CC1(CC)N1C=C([Si](C)(C)C)C(CC(C)C)=CC1c1ccccc12. The number of rotatable bonds is 5. The van der Waals surface area contributed by atoms with Gasteiger partial charge in [-0.25, -0.2) is 0 Å². The van der Waals surface area contributed by atoms with Gasteiger partial charge in [-0.1, -0.05) is 89.8 Å². The second kappa shape index (κ2) is 6.48. The van der Waals surface area contributed by atoms with Crippen LogP contribution in [0.5, 0.6) is 0 Å². The summed E-state index contributed by atoms with van der Waals surface area (Å²) in [6, 6.07) is 9.62. The van der Waals surface area contributed by atoms with E-state index in [0.717, 1.165) is 12.8 Å². The van der Waals surface area contributed by atoms with E-state index in [9.17, 15) is 0 Å². The van der Waals surface area contributed by atoms with Crippen molar-refractivity contribution in [2.24, 2.45) is 5.92 Å². The highest BCUT2D eigenvalue weighted by Gasteiger charge is 2.61. The first-order valence-electron chi connectivity index (χ1n) is 11.2. The summed E-state index contributed by atoms with van der Waals surface area (Å²) in [6.45, 7) is 17.0. The molecule has 3 unspecified atom stereocenters. The number of allylic oxidation sites excluding steroid dienone is 2. The lowest BCUT2D eigenvalue weighted by Crippen LogP contribution is -2.67. The summed E-state index contributed by atoms with van der Waals surface area (Å²) >= 11 is 0. The molecular weight excluding hydrogens is 354 g/mol. The molecule has 0 saturated carbocycles. The Morgan fingerprint density at radius 3 is 2.29 bits per heavy atom. The zero-order valence-electron chi connectivity index (χ0n) is 18.8. The van der Waals surface area contributed by atoms with E-state index in [1.807, 2.05) is 0 Å². The maximum atomic E-state index is 2.76. The van der Waals surface area contributed by atoms with Crippen molar-refractivity contribution in [3.05, 3.63) is 70.6 Å². The molecule has 150 valence electrons. The predicted molar refractivity (Wildman–Crippen MR) is 124 cm³/mol. The van der Waals surface area contributed by atoms with Crippen molar-refractivity contribution in [1.29, 1.82) is 0 Å². The third-order valence-electron chi connectivity index (χ3n) is 7.44. The average molecular weight is 392 g/mol. The first-order chi connectivity index (χ1) is 13.2. The largest absolute Gasteiger partial charge is 0.357 e. The highest BCUT2D eigenvalue weighted by molar-refractivity contribution is 6.84. The molecular formula is C26H37NSi. The van der Waals surface area contributed by atoms with Crippen molar-refractivity contribution >= 4 is 8.07 Å². The van der Waals surface area contributed by atoms with Crippen LogP contribution in [0.3, 0.4) is 0 Å². The maximum absolute atomic E-state index is 2.76. The second-order valence-electron chi connectivity index (χ2n) is 10.5. The van der Waals surface area contributed by atoms with E-state index in [1.165, 1.54) is 12.0 Å². The minimum absolute atomic E-state index is 0.117. The van der Waals surface area contributed by atoms with Crippen LogP contribution in [0.2, 0.25) is 19.6 Å². The van der Waals surface area contributed by atoms with Gasteiger partial charge in [0.25, 0.3) is 0 Å². The van der Waals surface area contributed by atoms with Crippen molar-refractivity contribution in [2.45, 2.75) is 83.6 Å². The zero-order valence-corrected chi connectivity index (χ0v) is 19.8. The molecule has 2 heteroatoms. The van der Waals surface area contributed by atoms with Crippen LogP contribution in [0.25, 0.3) is 0 Å². The van der Waals surface area contributed by atoms with Crippen LogP contribution >= 0.6 is 0 Å². The fourth-order valence-electron chi connectivity index (χ4n) is 6.07. The standard InChI is InChI=1S/C26H37NSi/c1-8-25-14-15-26(25,9-2)27-18-24(28(5,6)7)20(16-19(3)4)17-23(27)21-12-10-11-13-22(21)25/h10-15,17-19,23H,8-9,16H2,1-7H3. The van der Waals surface area contributed by atoms with E-state index in [2.05, 4.69) is 101 Å². The van der Waals surface area contributed by atoms with Crippen LogP contribution < -0.4 is 0 Å². The Morgan fingerprint density at radius 2 is 1.75 bits per heavy atom. The summed E-state index contributed by atoms with van der Waals surface area (Å²) in [6.07, 6.45) is 13.8. The van der Waals surface area contributed by atoms with Crippen molar-refractivity contribution in [1.82, 2.24) is 4.90 Å². The van der Waals surface area contributed by atoms with E-state index in [4.69, 9.17) is 0 Å². The average Bonchev–Trinajstić information content (AvgIpc) is 2.61. The molecule has 0 saturated heterocycles. The summed E-state index contributed by atoms with van der Waals surface area (Å²) in [4.78, 5) is 2.76. The van der Waals surface area contributed by atoms with Crippen LogP contribution in [0, 0.1) is 5.92 Å². The van der Waals surface area contributed by atoms with Crippen molar-refractivity contribution in [3.8, 4) is 0 Å². The van der Waals surface area contributed by atoms with Crippen molar-refractivity contribution in [3.63, 3.8) is 0 Å². The van der Waals surface area contributed by atoms with Gasteiger partial charge in [0.15, 0.2) is 0 Å². The summed E-state index contributed by atoms with van der Waals surface area (Å²) < 4.78 is 0. The maximum Gasteiger partial charge on any atom is 0.0798 e. The van der Waals surface area contributed by atoms with E-state index < -0.39 is 8.07 Å². The van der Waals surface area contributed by atoms with Gasteiger partial charge in [-0.3, -0.25) is 0 Å². The molecule has 0 radical (unpaired) electrons. The van der Waals surface area contributed by atoms with Gasteiger partial charge in [-0.05, 0) is 47.1 Å². The number of nitrogens with zero attached hydrogens (tertiary/aromatic N) is 1. The molecule has 0 amide bonds. The Morgan fingerprint density at radius 1 is 1.04 bits per heavy atom. The minimum Gasteiger partial charge on any atom is -0.357 e. The molecule has 3 aliphatic rings.